The number of fused-ring (bicyclic) bond motifs is 3. The Labute approximate surface area is 229 Å². The summed E-state index contributed by atoms with van der Waals surface area (Å²) < 4.78 is 48.3. The van der Waals surface area contributed by atoms with E-state index in [9.17, 15) is 33.1 Å². The molecule has 0 spiro atoms. The number of ketones is 1. The highest BCUT2D eigenvalue weighted by Crippen LogP contribution is 2.30. The molecule has 15 heteroatoms. The predicted molar refractivity (Wildman–Crippen MR) is 135 cm³/mol. The number of anilines is 2. The number of carbonyl (C=O) groups is 3. The van der Waals surface area contributed by atoms with Crippen LogP contribution in [0.2, 0.25) is 0 Å². The molecule has 1 saturated heterocycles. The summed E-state index contributed by atoms with van der Waals surface area (Å²) in [5, 5.41) is 9.90. The number of para-hydroxylation sites is 1. The number of amides is 1. The summed E-state index contributed by atoms with van der Waals surface area (Å²) in [6, 6.07) is 8.73. The third-order valence-electron chi connectivity index (χ3n) is 6.86. The van der Waals surface area contributed by atoms with Crippen molar-refractivity contribution in [1.29, 1.82) is 0 Å². The smallest absolute Gasteiger partial charge is 0.414 e. The van der Waals surface area contributed by atoms with Gasteiger partial charge >= 0.3 is 18.2 Å². The molecule has 0 aliphatic carbocycles. The summed E-state index contributed by atoms with van der Waals surface area (Å²) >= 11 is 0. The van der Waals surface area contributed by atoms with Crippen molar-refractivity contribution in [3.05, 3.63) is 58.1 Å². The Morgan fingerprint density at radius 3 is 2.37 bits per heavy atom. The molecule has 1 N–H and O–H groups in total. The van der Waals surface area contributed by atoms with E-state index in [1.54, 1.807) is 15.6 Å². The normalized spacial score (nSPS) is 16.5. The number of Topliss-reactive ketones (excluding diaryl/α,β-unsaturated/α-hetero) is 1. The van der Waals surface area contributed by atoms with Gasteiger partial charge in [0.1, 0.15) is 11.9 Å². The molecule has 0 radical (unpaired) electrons. The molecule has 1 aromatic heterocycles. The van der Waals surface area contributed by atoms with Crippen LogP contribution in [0.4, 0.5) is 29.3 Å². The molecule has 3 aromatic rings. The van der Waals surface area contributed by atoms with Crippen LogP contribution in [0.1, 0.15) is 23.2 Å². The third kappa shape index (κ3) is 5.84. The molecule has 0 saturated carbocycles. The van der Waals surface area contributed by atoms with Gasteiger partial charge in [0.05, 0.1) is 47.5 Å². The van der Waals surface area contributed by atoms with Crippen LogP contribution in [0.25, 0.3) is 10.9 Å². The lowest BCUT2D eigenvalue weighted by molar-refractivity contribution is -0.191. The van der Waals surface area contributed by atoms with E-state index in [2.05, 4.69) is 0 Å². The van der Waals surface area contributed by atoms with Crippen LogP contribution in [0.3, 0.4) is 0 Å². The number of cyclic esters (lactones) is 1. The van der Waals surface area contributed by atoms with E-state index in [4.69, 9.17) is 14.3 Å². The zero-order valence-corrected chi connectivity index (χ0v) is 21.3. The van der Waals surface area contributed by atoms with Gasteiger partial charge in [-0.3, -0.25) is 19.2 Å². The Hall–Kier alpha value is -4.91. The number of aromatic nitrogens is 2. The van der Waals surface area contributed by atoms with Crippen molar-refractivity contribution >= 4 is 46.3 Å². The molecule has 3 heterocycles. The molecule has 2 aromatic carbocycles. The van der Waals surface area contributed by atoms with Crippen molar-refractivity contribution in [3.8, 4) is 0 Å². The molecule has 41 heavy (non-hydrogen) atoms. The van der Waals surface area contributed by atoms with Crippen LogP contribution in [0.5, 0.6) is 0 Å². The molecule has 216 valence electrons. The Kier molecular flexibility index (Phi) is 8.57. The van der Waals surface area contributed by atoms with Gasteiger partial charge in [-0.25, -0.2) is 27.4 Å². The van der Waals surface area contributed by atoms with Crippen LogP contribution in [0, 0.1) is 5.82 Å². The number of benzene rings is 2. The lowest BCUT2D eigenvalue weighted by atomic mass is 10.1. The maximum atomic E-state index is 15.2. The molecule has 2 aliphatic heterocycles. The van der Waals surface area contributed by atoms with Crippen LogP contribution in [-0.4, -0.2) is 70.6 Å². The fourth-order valence-electron chi connectivity index (χ4n) is 4.99. The molecule has 1 fully saturated rings. The summed E-state index contributed by atoms with van der Waals surface area (Å²) in [6.07, 6.45) is -4.85. The number of alkyl halides is 2. The molecule has 12 nitrogen and oxygen atoms in total. The van der Waals surface area contributed by atoms with Gasteiger partial charge in [-0.05, 0) is 36.8 Å². The fraction of sp³-hybridized carbons (Fsp3) is 0.346. The van der Waals surface area contributed by atoms with E-state index in [1.807, 2.05) is 0 Å². The number of ether oxygens (including phenoxy) is 1. The Morgan fingerprint density at radius 2 is 1.73 bits per heavy atom. The van der Waals surface area contributed by atoms with Crippen molar-refractivity contribution in [3.63, 3.8) is 0 Å². The minimum Gasteiger partial charge on any atom is -0.478 e. The second-order valence-corrected chi connectivity index (χ2v) is 9.19. The highest BCUT2D eigenvalue weighted by molar-refractivity contribution is 6.02. The number of aromatic carboxylic acids is 1. The topological polar surface area (TPSA) is 148 Å². The van der Waals surface area contributed by atoms with Gasteiger partial charge in [-0.2, -0.15) is 9.59 Å². The third-order valence-corrected chi connectivity index (χ3v) is 6.86. The van der Waals surface area contributed by atoms with Gasteiger partial charge in [0, 0.05) is 19.5 Å². The highest BCUT2D eigenvalue weighted by atomic mass is 19.3. The highest BCUT2D eigenvalue weighted by Gasteiger charge is 2.34. The first kappa shape index (κ1) is 29.1. The van der Waals surface area contributed by atoms with Gasteiger partial charge in [-0.15, -0.1) is 0 Å². The minimum atomic E-state index is -3.08. The van der Waals surface area contributed by atoms with Crippen LogP contribution in [-0.2, 0) is 32.2 Å². The number of carbonyl (C=O) groups excluding carboxylic acids is 4. The Morgan fingerprint density at radius 1 is 1.05 bits per heavy atom. The molecular formula is C26H23F3N4O8. The summed E-state index contributed by atoms with van der Waals surface area (Å²) in [6.45, 7) is 1.00. The van der Waals surface area contributed by atoms with E-state index < -0.39 is 42.6 Å². The first-order valence-corrected chi connectivity index (χ1v) is 12.4. The van der Waals surface area contributed by atoms with Gasteiger partial charge in [0.25, 0.3) is 12.0 Å². The van der Waals surface area contributed by atoms with E-state index in [1.165, 1.54) is 39.9 Å². The molecular weight excluding hydrogens is 553 g/mol. The molecule has 2 aliphatic rings. The molecule has 1 amide bonds. The van der Waals surface area contributed by atoms with Crippen molar-refractivity contribution < 1.29 is 47.0 Å². The van der Waals surface area contributed by atoms with Gasteiger partial charge in [0.2, 0.25) is 0 Å². The Bertz CT molecular complexity index is 1600. The number of rotatable bonds is 7. The number of hydrogen-bond donors (Lipinski definition) is 1. The van der Waals surface area contributed by atoms with E-state index in [0.717, 1.165) is 0 Å². The lowest BCUT2D eigenvalue weighted by Crippen LogP contribution is -2.29. The van der Waals surface area contributed by atoms with Crippen molar-refractivity contribution in [2.75, 3.05) is 29.4 Å². The summed E-state index contributed by atoms with van der Waals surface area (Å²) in [4.78, 5) is 67.3. The summed E-state index contributed by atoms with van der Waals surface area (Å²) in [7, 11) is 0. The zero-order valence-electron chi connectivity index (χ0n) is 21.3. The lowest BCUT2D eigenvalue weighted by Gasteiger charge is -2.24. The van der Waals surface area contributed by atoms with E-state index in [-0.39, 0.29) is 61.2 Å². The first-order valence-electron chi connectivity index (χ1n) is 12.4. The van der Waals surface area contributed by atoms with E-state index in [0.29, 0.717) is 17.4 Å². The standard InChI is InChI=1S/C25H23F3N4O6.CO2/c26-18-12-14(30-13-15(38-25(30)37)5-7-20(33)22(27)28)4-6-19(18)29-8-10-31-21-16(23(34)32(31)11-9-29)2-1-3-17(21)24(35)36;2-1-3/h1-4,6,12,15,22H,5,7-11,13H2,(H,35,36);/t15-;/m0./s1. The quantitative estimate of drug-likeness (QED) is 0.448. The number of hydrogen-bond acceptors (Lipinski definition) is 8. The second-order valence-electron chi connectivity index (χ2n) is 9.19. The number of nitrogens with zero attached hydrogens (tertiary/aromatic N) is 4. The van der Waals surface area contributed by atoms with E-state index >= 15 is 4.39 Å². The van der Waals surface area contributed by atoms with Crippen molar-refractivity contribution in [1.82, 2.24) is 9.36 Å². The number of halogens is 3. The number of carboxylic acid groups (broad SMARTS) is 1. The average Bonchev–Trinajstić information content (AvgIpc) is 3.34. The second kappa shape index (κ2) is 12.1. The number of carboxylic acids is 1. The average molecular weight is 576 g/mol. The maximum absolute atomic E-state index is 15.2. The zero-order chi connectivity index (χ0) is 29.8. The minimum absolute atomic E-state index is 0.00476. The van der Waals surface area contributed by atoms with Crippen molar-refractivity contribution in [2.24, 2.45) is 0 Å². The summed E-state index contributed by atoms with van der Waals surface area (Å²) in [5.74, 6) is -3.00. The molecule has 1 atom stereocenters. The Balaban J connectivity index is 0.00000124. The fourth-order valence-corrected chi connectivity index (χ4v) is 4.99. The van der Waals surface area contributed by atoms with Gasteiger partial charge in [0.15, 0.2) is 5.78 Å². The molecule has 0 bridgehead atoms. The SMILES string of the molecule is O=C(O)c1cccc2c(=O)n3n(c12)CCN(c1ccc(N2C[C@H](CCC(=O)C(F)F)OC2=O)cc1F)CC3.O=C=O. The monoisotopic (exact) mass is 576 g/mol. The van der Waals surface area contributed by atoms with Crippen molar-refractivity contribution in [2.45, 2.75) is 38.5 Å². The predicted octanol–water partition coefficient (Wildman–Crippen LogP) is 2.52. The van der Waals surface area contributed by atoms with Gasteiger partial charge in [-0.1, -0.05) is 6.07 Å². The molecule has 0 unspecified atom stereocenters. The largest absolute Gasteiger partial charge is 0.478 e. The van der Waals surface area contributed by atoms with Crippen LogP contribution < -0.4 is 15.4 Å². The van der Waals surface area contributed by atoms with Crippen LogP contribution >= 0.6 is 0 Å². The maximum Gasteiger partial charge on any atom is 0.414 e. The van der Waals surface area contributed by atoms with Crippen LogP contribution in [0.15, 0.2) is 41.2 Å². The first-order chi connectivity index (χ1) is 19.6. The summed E-state index contributed by atoms with van der Waals surface area (Å²) in [5.41, 5.74) is 0.463. The van der Waals surface area contributed by atoms with Gasteiger partial charge < -0.3 is 14.7 Å². The molecule has 5 rings (SSSR count).